The number of halogens is 1. The van der Waals surface area contributed by atoms with Gasteiger partial charge in [-0.2, -0.15) is 0 Å². The van der Waals surface area contributed by atoms with Crippen molar-refractivity contribution in [3.05, 3.63) is 89.2 Å². The van der Waals surface area contributed by atoms with Gasteiger partial charge in [0, 0.05) is 6.54 Å². The van der Waals surface area contributed by atoms with Crippen molar-refractivity contribution >= 4 is 23.8 Å². The number of amides is 5. The van der Waals surface area contributed by atoms with Crippen molar-refractivity contribution in [3.8, 4) is 17.2 Å². The second kappa shape index (κ2) is 11.3. The van der Waals surface area contributed by atoms with E-state index in [9.17, 15) is 23.6 Å². The third-order valence-corrected chi connectivity index (χ3v) is 6.56. The van der Waals surface area contributed by atoms with Crippen LogP contribution >= 0.6 is 0 Å². The van der Waals surface area contributed by atoms with E-state index in [1.165, 1.54) is 24.3 Å². The third-order valence-electron chi connectivity index (χ3n) is 6.56. The molecule has 2 fully saturated rings. The maximum atomic E-state index is 13.3. The highest BCUT2D eigenvalue weighted by Gasteiger charge is 2.36. The van der Waals surface area contributed by atoms with Gasteiger partial charge in [-0.05, 0) is 85.3 Å². The Bertz CT molecular complexity index is 1400. The molecule has 5 amide bonds. The fourth-order valence-electron chi connectivity index (χ4n) is 4.49. The van der Waals surface area contributed by atoms with E-state index in [-0.39, 0.29) is 36.5 Å². The Labute approximate surface area is 223 Å². The number of ether oxygens (including phenoxy) is 2. The lowest BCUT2D eigenvalue weighted by Gasteiger charge is -2.18. The Balaban J connectivity index is 1.27. The molecule has 0 spiro atoms. The van der Waals surface area contributed by atoms with Gasteiger partial charge in [0.1, 0.15) is 23.1 Å². The first-order chi connectivity index (χ1) is 18.9. The van der Waals surface area contributed by atoms with Crippen molar-refractivity contribution in [1.82, 2.24) is 15.5 Å². The van der Waals surface area contributed by atoms with Gasteiger partial charge in [-0.1, -0.05) is 18.2 Å². The van der Waals surface area contributed by atoms with Gasteiger partial charge in [-0.15, -0.1) is 0 Å². The number of hydrogen-bond acceptors (Lipinski definition) is 6. The lowest BCUT2D eigenvalue weighted by Crippen LogP contribution is -2.30. The smallest absolute Gasteiger partial charge is 0.331 e. The molecular formula is C29H26FN3O6. The SMILES string of the molecule is O=C1NC(=O)N(Cc2ccc(OC3CCCC3)c(C(=O)NCc3ccc(Oc4ccc(F)cc4)cc3)c2)C1=O. The van der Waals surface area contributed by atoms with E-state index in [1.54, 1.807) is 42.5 Å². The van der Waals surface area contributed by atoms with Gasteiger partial charge in [-0.25, -0.2) is 9.18 Å². The van der Waals surface area contributed by atoms with E-state index in [1.807, 2.05) is 5.32 Å². The highest BCUT2D eigenvalue weighted by atomic mass is 19.1. The summed E-state index contributed by atoms with van der Waals surface area (Å²) in [4.78, 5) is 49.5. The fraction of sp³-hybridized carbons (Fsp3) is 0.241. The lowest BCUT2D eigenvalue weighted by atomic mass is 10.1. The standard InChI is InChI=1S/C29H26FN3O6/c30-20-8-12-23(13-9-20)38-22-10-5-18(6-11-22)16-31-26(34)24-15-19(17-33-28(36)27(35)32-29(33)37)7-14-25(24)39-21-3-1-2-4-21/h5-15,21H,1-4,16-17H2,(H,31,34)(H,32,35,37). The molecule has 1 aliphatic carbocycles. The van der Waals surface area contributed by atoms with E-state index < -0.39 is 17.8 Å². The molecule has 5 rings (SSSR count). The van der Waals surface area contributed by atoms with E-state index in [2.05, 4.69) is 5.32 Å². The van der Waals surface area contributed by atoms with Crippen molar-refractivity contribution in [2.45, 2.75) is 44.9 Å². The van der Waals surface area contributed by atoms with Crippen molar-refractivity contribution < 1.29 is 33.0 Å². The number of carbonyl (C=O) groups is 4. The third kappa shape index (κ3) is 6.23. The molecule has 1 aliphatic heterocycles. The largest absolute Gasteiger partial charge is 0.490 e. The number of nitrogens with one attached hydrogen (secondary N) is 2. The molecular weight excluding hydrogens is 505 g/mol. The van der Waals surface area contributed by atoms with Gasteiger partial charge < -0.3 is 14.8 Å². The van der Waals surface area contributed by atoms with Crippen molar-refractivity contribution in [2.24, 2.45) is 0 Å². The Kier molecular flexibility index (Phi) is 7.53. The van der Waals surface area contributed by atoms with E-state index in [0.29, 0.717) is 22.8 Å². The van der Waals surface area contributed by atoms with Crippen LogP contribution in [-0.4, -0.2) is 34.8 Å². The van der Waals surface area contributed by atoms with Gasteiger partial charge in [-0.3, -0.25) is 24.6 Å². The second-order valence-corrected chi connectivity index (χ2v) is 9.39. The summed E-state index contributed by atoms with van der Waals surface area (Å²) in [5, 5.41) is 4.85. The van der Waals surface area contributed by atoms with E-state index >= 15 is 0 Å². The molecule has 1 saturated heterocycles. The number of hydrogen-bond donors (Lipinski definition) is 2. The normalized spacial score (nSPS) is 15.4. The van der Waals surface area contributed by atoms with Gasteiger partial charge in [0.05, 0.1) is 18.2 Å². The lowest BCUT2D eigenvalue weighted by molar-refractivity contribution is -0.140. The summed E-state index contributed by atoms with van der Waals surface area (Å²) in [7, 11) is 0. The van der Waals surface area contributed by atoms with E-state index in [4.69, 9.17) is 9.47 Å². The predicted octanol–water partition coefficient (Wildman–Crippen LogP) is 4.45. The summed E-state index contributed by atoms with van der Waals surface area (Å²) in [6.07, 6.45) is 3.94. The molecule has 1 saturated carbocycles. The van der Waals surface area contributed by atoms with Crippen molar-refractivity contribution in [3.63, 3.8) is 0 Å². The maximum Gasteiger partial charge on any atom is 0.331 e. The number of imide groups is 2. The van der Waals surface area contributed by atoms with Crippen LogP contribution in [0.15, 0.2) is 66.7 Å². The zero-order valence-electron chi connectivity index (χ0n) is 20.9. The molecule has 3 aromatic carbocycles. The maximum absolute atomic E-state index is 13.3. The van der Waals surface area contributed by atoms with Crippen LogP contribution in [0.1, 0.15) is 47.2 Å². The Hall–Kier alpha value is -4.73. The second-order valence-electron chi connectivity index (χ2n) is 9.39. The van der Waals surface area contributed by atoms with Crippen LogP contribution in [0.3, 0.4) is 0 Å². The van der Waals surface area contributed by atoms with Crippen LogP contribution < -0.4 is 20.1 Å². The van der Waals surface area contributed by atoms with Crippen LogP contribution in [-0.2, 0) is 22.7 Å². The number of urea groups is 1. The molecule has 1 heterocycles. The molecule has 0 unspecified atom stereocenters. The predicted molar refractivity (Wildman–Crippen MR) is 138 cm³/mol. The van der Waals surface area contributed by atoms with Crippen molar-refractivity contribution in [1.29, 1.82) is 0 Å². The summed E-state index contributed by atoms with van der Waals surface area (Å²) >= 11 is 0. The topological polar surface area (TPSA) is 114 Å². The molecule has 2 N–H and O–H groups in total. The van der Waals surface area contributed by atoms with Gasteiger partial charge >= 0.3 is 17.8 Å². The molecule has 0 bridgehead atoms. The fourth-order valence-corrected chi connectivity index (χ4v) is 4.49. The van der Waals surface area contributed by atoms with Crippen LogP contribution in [0.2, 0.25) is 0 Å². The summed E-state index contributed by atoms with van der Waals surface area (Å²) < 4.78 is 24.9. The van der Waals surface area contributed by atoms with Crippen LogP contribution in [0.25, 0.3) is 0 Å². The molecule has 3 aromatic rings. The minimum absolute atomic E-state index is 0.0135. The first-order valence-electron chi connectivity index (χ1n) is 12.6. The summed E-state index contributed by atoms with van der Waals surface area (Å²) in [5.41, 5.74) is 1.59. The molecule has 0 atom stereocenters. The molecule has 0 aromatic heterocycles. The van der Waals surface area contributed by atoms with Gasteiger partial charge in [0.15, 0.2) is 0 Å². The number of rotatable bonds is 9. The quantitative estimate of drug-likeness (QED) is 0.312. The highest BCUT2D eigenvalue weighted by Crippen LogP contribution is 2.28. The van der Waals surface area contributed by atoms with Crippen LogP contribution in [0.4, 0.5) is 9.18 Å². The monoisotopic (exact) mass is 531 g/mol. The minimum Gasteiger partial charge on any atom is -0.490 e. The molecule has 0 radical (unpaired) electrons. The van der Waals surface area contributed by atoms with Crippen molar-refractivity contribution in [2.75, 3.05) is 0 Å². The molecule has 39 heavy (non-hydrogen) atoms. The zero-order valence-corrected chi connectivity index (χ0v) is 20.9. The molecule has 2 aliphatic rings. The number of benzene rings is 3. The Morgan fingerprint density at radius 2 is 1.56 bits per heavy atom. The van der Waals surface area contributed by atoms with Crippen LogP contribution in [0.5, 0.6) is 17.2 Å². The zero-order chi connectivity index (χ0) is 27.4. The highest BCUT2D eigenvalue weighted by molar-refractivity contribution is 6.44. The van der Waals surface area contributed by atoms with Gasteiger partial charge in [0.2, 0.25) is 0 Å². The molecule has 200 valence electrons. The molecule has 10 heteroatoms. The van der Waals surface area contributed by atoms with Crippen LogP contribution in [0, 0.1) is 5.82 Å². The number of nitrogens with zero attached hydrogens (tertiary/aromatic N) is 1. The van der Waals surface area contributed by atoms with E-state index in [0.717, 1.165) is 36.1 Å². The summed E-state index contributed by atoms with van der Waals surface area (Å²) in [5.74, 6) is -1.16. The Morgan fingerprint density at radius 1 is 0.923 bits per heavy atom. The van der Waals surface area contributed by atoms with Gasteiger partial charge in [0.25, 0.3) is 5.91 Å². The average Bonchev–Trinajstić information content (AvgIpc) is 3.53. The first kappa shape index (κ1) is 25.9. The Morgan fingerprint density at radius 3 is 2.21 bits per heavy atom. The summed E-state index contributed by atoms with van der Waals surface area (Å²) in [6.45, 7) is 0.0696. The summed E-state index contributed by atoms with van der Waals surface area (Å²) in [6, 6.07) is 16.9. The average molecular weight is 532 g/mol. The molecule has 9 nitrogen and oxygen atoms in total. The first-order valence-corrected chi connectivity index (χ1v) is 12.6. The minimum atomic E-state index is -0.978. The number of carbonyl (C=O) groups excluding carboxylic acids is 4.